The van der Waals surface area contributed by atoms with Crippen LogP contribution >= 0.6 is 0 Å². The van der Waals surface area contributed by atoms with Gasteiger partial charge < -0.3 is 14.7 Å². The van der Waals surface area contributed by atoms with Gasteiger partial charge in [-0.05, 0) is 25.7 Å². The van der Waals surface area contributed by atoms with Gasteiger partial charge in [0.25, 0.3) is 5.91 Å². The number of amides is 1. The van der Waals surface area contributed by atoms with Crippen LogP contribution in [-0.2, 0) is 7.05 Å². The summed E-state index contributed by atoms with van der Waals surface area (Å²) in [5.41, 5.74) is 1.10. The Morgan fingerprint density at radius 3 is 2.79 bits per heavy atom. The van der Waals surface area contributed by atoms with E-state index >= 15 is 0 Å². The Hall–Kier alpha value is -1.56. The number of aryl methyl sites for hydroxylation is 2. The van der Waals surface area contributed by atoms with E-state index in [0.717, 1.165) is 12.8 Å². The maximum absolute atomic E-state index is 12.4. The topological polar surface area (TPSA) is 67.6 Å². The van der Waals surface area contributed by atoms with E-state index in [0.29, 0.717) is 29.6 Å². The van der Waals surface area contributed by atoms with Crippen molar-refractivity contribution in [2.45, 2.75) is 25.9 Å². The molecule has 1 aliphatic rings. The fraction of sp³-hybridized carbons (Fsp3) is 0.692. The molecule has 106 valence electrons. The third-order valence-corrected chi connectivity index (χ3v) is 3.55. The SMILES string of the molecule is COc1c(C(=O)N(C)CC(O)C2CC2)c(C)nn1C. The Morgan fingerprint density at radius 1 is 1.63 bits per heavy atom. The minimum absolute atomic E-state index is 0.165. The van der Waals surface area contributed by atoms with Crippen molar-refractivity contribution in [2.24, 2.45) is 13.0 Å². The fourth-order valence-corrected chi connectivity index (χ4v) is 2.30. The molecule has 6 heteroatoms. The number of hydrogen-bond donors (Lipinski definition) is 1. The second-order valence-electron chi connectivity index (χ2n) is 5.18. The van der Waals surface area contributed by atoms with Crippen LogP contribution in [0.25, 0.3) is 0 Å². The lowest BCUT2D eigenvalue weighted by Crippen LogP contribution is -2.35. The van der Waals surface area contributed by atoms with Crippen molar-refractivity contribution in [1.29, 1.82) is 0 Å². The zero-order valence-electron chi connectivity index (χ0n) is 11.9. The van der Waals surface area contributed by atoms with Crippen molar-refractivity contribution in [1.82, 2.24) is 14.7 Å². The number of aromatic nitrogens is 2. The summed E-state index contributed by atoms with van der Waals surface area (Å²) in [6.07, 6.45) is 1.67. The van der Waals surface area contributed by atoms with E-state index in [2.05, 4.69) is 5.10 Å². The average Bonchev–Trinajstić information content (AvgIpc) is 3.14. The molecule has 1 N–H and O–H groups in total. The monoisotopic (exact) mass is 267 g/mol. The van der Waals surface area contributed by atoms with Crippen molar-refractivity contribution in [2.75, 3.05) is 20.7 Å². The highest BCUT2D eigenvalue weighted by atomic mass is 16.5. The zero-order chi connectivity index (χ0) is 14.2. The van der Waals surface area contributed by atoms with Crippen molar-refractivity contribution < 1.29 is 14.6 Å². The number of aliphatic hydroxyl groups excluding tert-OH is 1. The maximum atomic E-state index is 12.4. The molecule has 1 heterocycles. The van der Waals surface area contributed by atoms with Gasteiger partial charge in [-0.25, -0.2) is 4.68 Å². The zero-order valence-corrected chi connectivity index (χ0v) is 11.9. The van der Waals surface area contributed by atoms with Crippen LogP contribution in [0.4, 0.5) is 0 Å². The first-order chi connectivity index (χ1) is 8.95. The molecule has 0 bridgehead atoms. The highest BCUT2D eigenvalue weighted by molar-refractivity contribution is 5.97. The molecule has 1 amide bonds. The van der Waals surface area contributed by atoms with Gasteiger partial charge in [0, 0.05) is 20.6 Å². The Morgan fingerprint density at radius 2 is 2.26 bits per heavy atom. The normalized spacial score (nSPS) is 16.3. The second kappa shape index (κ2) is 5.21. The van der Waals surface area contributed by atoms with Gasteiger partial charge in [0.1, 0.15) is 5.56 Å². The third-order valence-electron chi connectivity index (χ3n) is 3.55. The lowest BCUT2D eigenvalue weighted by Gasteiger charge is -2.20. The van der Waals surface area contributed by atoms with E-state index < -0.39 is 6.10 Å². The molecule has 1 aliphatic carbocycles. The Labute approximate surface area is 113 Å². The van der Waals surface area contributed by atoms with Gasteiger partial charge in [0.15, 0.2) is 0 Å². The van der Waals surface area contributed by atoms with Crippen molar-refractivity contribution >= 4 is 5.91 Å². The van der Waals surface area contributed by atoms with E-state index in [1.165, 1.54) is 12.0 Å². The molecular weight excluding hydrogens is 246 g/mol. The second-order valence-corrected chi connectivity index (χ2v) is 5.18. The van der Waals surface area contributed by atoms with Gasteiger partial charge >= 0.3 is 0 Å². The van der Waals surface area contributed by atoms with Crippen LogP contribution in [-0.4, -0.2) is 52.5 Å². The predicted molar refractivity (Wildman–Crippen MR) is 70.2 cm³/mol. The molecule has 0 spiro atoms. The fourth-order valence-electron chi connectivity index (χ4n) is 2.30. The summed E-state index contributed by atoms with van der Waals surface area (Å²) < 4.78 is 6.77. The maximum Gasteiger partial charge on any atom is 0.261 e. The number of hydrogen-bond acceptors (Lipinski definition) is 4. The minimum atomic E-state index is -0.433. The summed E-state index contributed by atoms with van der Waals surface area (Å²) in [6.45, 7) is 2.13. The standard InChI is InChI=1S/C13H21N3O3/c1-8-11(13(19-4)16(3)14-8)12(18)15(2)7-10(17)9-5-6-9/h9-10,17H,5-7H2,1-4H3. The van der Waals surface area contributed by atoms with Crippen LogP contribution in [0.1, 0.15) is 28.9 Å². The smallest absolute Gasteiger partial charge is 0.261 e. The first-order valence-electron chi connectivity index (χ1n) is 6.46. The van der Waals surface area contributed by atoms with Gasteiger partial charge in [-0.1, -0.05) is 0 Å². The van der Waals surface area contributed by atoms with Crippen molar-refractivity contribution in [3.63, 3.8) is 0 Å². The largest absolute Gasteiger partial charge is 0.481 e. The number of aliphatic hydroxyl groups is 1. The predicted octanol–water partition coefficient (Wildman–Crippen LogP) is 0.580. The molecule has 0 aliphatic heterocycles. The quantitative estimate of drug-likeness (QED) is 0.847. The number of ether oxygens (including phenoxy) is 1. The number of nitrogens with zero attached hydrogens (tertiary/aromatic N) is 3. The Bertz CT molecular complexity index is 480. The summed E-state index contributed by atoms with van der Waals surface area (Å²) in [4.78, 5) is 14.0. The van der Waals surface area contributed by atoms with E-state index in [1.54, 1.807) is 25.7 Å². The van der Waals surface area contributed by atoms with Crippen LogP contribution < -0.4 is 4.74 Å². The van der Waals surface area contributed by atoms with Gasteiger partial charge in [-0.15, -0.1) is 0 Å². The number of methoxy groups -OCH3 is 1. The van der Waals surface area contributed by atoms with E-state index in [4.69, 9.17) is 4.74 Å². The first kappa shape index (κ1) is 13.9. The molecule has 1 saturated carbocycles. The molecule has 1 atom stereocenters. The first-order valence-corrected chi connectivity index (χ1v) is 6.46. The Balaban J connectivity index is 2.13. The number of carbonyl (C=O) groups is 1. The van der Waals surface area contributed by atoms with Crippen LogP contribution in [0, 0.1) is 12.8 Å². The highest BCUT2D eigenvalue weighted by Gasteiger charge is 2.32. The van der Waals surface area contributed by atoms with Crippen molar-refractivity contribution in [3.05, 3.63) is 11.3 Å². The van der Waals surface area contributed by atoms with Gasteiger partial charge in [-0.3, -0.25) is 4.79 Å². The van der Waals surface area contributed by atoms with Gasteiger partial charge in [0.2, 0.25) is 5.88 Å². The number of carbonyl (C=O) groups excluding carboxylic acids is 1. The molecule has 1 aromatic heterocycles. The molecule has 1 unspecified atom stereocenters. The summed E-state index contributed by atoms with van der Waals surface area (Å²) in [5.74, 6) is 0.643. The molecule has 0 saturated heterocycles. The highest BCUT2D eigenvalue weighted by Crippen LogP contribution is 2.33. The van der Waals surface area contributed by atoms with E-state index in [-0.39, 0.29) is 5.91 Å². The van der Waals surface area contributed by atoms with Crippen LogP contribution in [0.5, 0.6) is 5.88 Å². The molecule has 19 heavy (non-hydrogen) atoms. The molecule has 0 aromatic carbocycles. The average molecular weight is 267 g/mol. The molecule has 1 fully saturated rings. The molecule has 6 nitrogen and oxygen atoms in total. The summed E-state index contributed by atoms with van der Waals surface area (Å²) in [6, 6.07) is 0. The lowest BCUT2D eigenvalue weighted by molar-refractivity contribution is 0.0641. The van der Waals surface area contributed by atoms with Crippen LogP contribution in [0.3, 0.4) is 0 Å². The van der Waals surface area contributed by atoms with Gasteiger partial charge in [0.05, 0.1) is 18.9 Å². The molecule has 0 radical (unpaired) electrons. The molecular formula is C13H21N3O3. The Kier molecular flexibility index (Phi) is 3.80. The minimum Gasteiger partial charge on any atom is -0.481 e. The summed E-state index contributed by atoms with van der Waals surface area (Å²) >= 11 is 0. The molecule has 1 aromatic rings. The van der Waals surface area contributed by atoms with Crippen LogP contribution in [0.15, 0.2) is 0 Å². The van der Waals surface area contributed by atoms with E-state index in [1.807, 2.05) is 0 Å². The third kappa shape index (κ3) is 2.73. The number of rotatable bonds is 5. The summed E-state index contributed by atoms with van der Waals surface area (Å²) in [5, 5.41) is 14.1. The summed E-state index contributed by atoms with van der Waals surface area (Å²) in [7, 11) is 4.95. The molecule has 2 rings (SSSR count). The lowest BCUT2D eigenvalue weighted by atomic mass is 10.2. The van der Waals surface area contributed by atoms with Gasteiger partial charge in [-0.2, -0.15) is 5.10 Å². The number of likely N-dealkylation sites (N-methyl/N-ethyl adjacent to an activating group) is 1. The van der Waals surface area contributed by atoms with E-state index in [9.17, 15) is 9.90 Å². The van der Waals surface area contributed by atoms with Crippen LogP contribution in [0.2, 0.25) is 0 Å². The van der Waals surface area contributed by atoms with Crippen molar-refractivity contribution in [3.8, 4) is 5.88 Å².